The van der Waals surface area contributed by atoms with E-state index in [0.29, 0.717) is 5.56 Å². The fourth-order valence-corrected chi connectivity index (χ4v) is 1.57. The lowest BCUT2D eigenvalue weighted by atomic mass is 10.1. The lowest BCUT2D eigenvalue weighted by molar-refractivity contribution is -0.143. The highest BCUT2D eigenvalue weighted by Gasteiger charge is 2.20. The van der Waals surface area contributed by atoms with Gasteiger partial charge in [-0.2, -0.15) is 0 Å². The van der Waals surface area contributed by atoms with Gasteiger partial charge in [0, 0.05) is 5.56 Å². The first kappa shape index (κ1) is 22.4. The van der Waals surface area contributed by atoms with Crippen molar-refractivity contribution in [3.05, 3.63) is 35.4 Å². The van der Waals surface area contributed by atoms with Gasteiger partial charge in [-0.05, 0) is 39.8 Å². The maximum absolute atomic E-state index is 11.7. The van der Waals surface area contributed by atoms with Crippen LogP contribution in [0.25, 0.3) is 0 Å². The van der Waals surface area contributed by atoms with Gasteiger partial charge in [-0.1, -0.05) is 17.7 Å². The van der Waals surface area contributed by atoms with Gasteiger partial charge >= 0.3 is 12.1 Å². The summed E-state index contributed by atoms with van der Waals surface area (Å²) in [5.41, 5.74) is 5.73. The van der Waals surface area contributed by atoms with E-state index >= 15 is 0 Å². The fraction of sp³-hybridized carbons (Fsp3) is 0.471. The van der Waals surface area contributed by atoms with Gasteiger partial charge in [-0.15, -0.1) is 0 Å². The van der Waals surface area contributed by atoms with Gasteiger partial charge in [0.1, 0.15) is 5.60 Å². The molecule has 8 nitrogen and oxygen atoms in total. The number of benzene rings is 1. The van der Waals surface area contributed by atoms with Crippen molar-refractivity contribution in [1.29, 1.82) is 0 Å². The largest absolute Gasteiger partial charge is 0.467 e. The molecule has 0 aliphatic rings. The second kappa shape index (κ2) is 10.3. The first-order valence-corrected chi connectivity index (χ1v) is 7.54. The number of esters is 1. The number of aryl methyl sites for hydroxylation is 1. The number of aliphatic hydroxyl groups is 1. The van der Waals surface area contributed by atoms with Gasteiger partial charge in [0.05, 0.1) is 13.7 Å². The highest BCUT2D eigenvalue weighted by atomic mass is 16.6. The summed E-state index contributed by atoms with van der Waals surface area (Å²) >= 11 is 0. The summed E-state index contributed by atoms with van der Waals surface area (Å²) in [6.07, 6.45) is -0.725. The Bertz CT molecular complexity index is 578. The number of nitrogens with two attached hydrogens (primary N) is 1. The number of carbonyl (C=O) groups is 3. The summed E-state index contributed by atoms with van der Waals surface area (Å²) in [6.45, 7) is 6.70. The average molecular weight is 354 g/mol. The summed E-state index contributed by atoms with van der Waals surface area (Å²) < 4.78 is 9.02. The van der Waals surface area contributed by atoms with Gasteiger partial charge < -0.3 is 25.6 Å². The maximum atomic E-state index is 11.7. The van der Waals surface area contributed by atoms with Crippen molar-refractivity contribution in [2.24, 2.45) is 5.73 Å². The summed E-state index contributed by atoms with van der Waals surface area (Å²) in [5, 5.41) is 11.3. The predicted molar refractivity (Wildman–Crippen MR) is 92.0 cm³/mol. The number of methoxy groups -OCH3 is 1. The van der Waals surface area contributed by atoms with Crippen LogP contribution in [0.5, 0.6) is 0 Å². The molecular weight excluding hydrogens is 328 g/mol. The number of amides is 2. The van der Waals surface area contributed by atoms with Gasteiger partial charge in [-0.25, -0.2) is 9.59 Å². The molecule has 1 aromatic rings. The van der Waals surface area contributed by atoms with Crippen LogP contribution in [0.1, 0.15) is 36.7 Å². The zero-order chi connectivity index (χ0) is 19.6. The smallest absolute Gasteiger partial charge is 0.405 e. The van der Waals surface area contributed by atoms with E-state index in [4.69, 9.17) is 10.8 Å². The van der Waals surface area contributed by atoms with E-state index in [1.807, 2.05) is 6.92 Å². The van der Waals surface area contributed by atoms with E-state index in [2.05, 4.69) is 14.8 Å². The van der Waals surface area contributed by atoms with E-state index in [1.165, 1.54) is 7.11 Å². The van der Waals surface area contributed by atoms with Crippen molar-refractivity contribution in [1.82, 2.24) is 5.32 Å². The van der Waals surface area contributed by atoms with E-state index in [-0.39, 0.29) is 0 Å². The predicted octanol–water partition coefficient (Wildman–Crippen LogP) is 1.14. The van der Waals surface area contributed by atoms with Crippen molar-refractivity contribution in [2.75, 3.05) is 13.7 Å². The standard InChI is InChI=1S/C12H15NO4.C5H11NO2/c1-8-3-5-9(6-4-8)11(15)13-10(7-14)12(16)17-2;1-5(2,3)8-4(6)7/h3-6,10,14H,7H2,1-2H3,(H,13,15);1-3H3,(H2,6,7). The monoisotopic (exact) mass is 354 g/mol. The van der Waals surface area contributed by atoms with Crippen LogP contribution < -0.4 is 11.1 Å². The molecule has 0 saturated carbocycles. The highest BCUT2D eigenvalue weighted by Crippen LogP contribution is 2.05. The van der Waals surface area contributed by atoms with Gasteiger partial charge in [0.25, 0.3) is 5.91 Å². The molecule has 0 spiro atoms. The third-order valence-electron chi connectivity index (χ3n) is 2.69. The summed E-state index contributed by atoms with van der Waals surface area (Å²) in [7, 11) is 1.20. The van der Waals surface area contributed by atoms with Crippen molar-refractivity contribution in [3.63, 3.8) is 0 Å². The molecular formula is C17H26N2O6. The van der Waals surface area contributed by atoms with Crippen LogP contribution in [0.4, 0.5) is 4.79 Å². The molecule has 25 heavy (non-hydrogen) atoms. The first-order valence-electron chi connectivity index (χ1n) is 7.54. The molecule has 0 fully saturated rings. The van der Waals surface area contributed by atoms with E-state index in [1.54, 1.807) is 45.0 Å². The molecule has 0 aliphatic heterocycles. The molecule has 4 N–H and O–H groups in total. The number of aliphatic hydroxyl groups excluding tert-OH is 1. The molecule has 140 valence electrons. The number of rotatable bonds is 4. The Labute approximate surface area is 147 Å². The van der Waals surface area contributed by atoms with Crippen LogP contribution in [-0.4, -0.2) is 48.4 Å². The van der Waals surface area contributed by atoms with E-state index in [9.17, 15) is 14.4 Å². The van der Waals surface area contributed by atoms with Gasteiger partial charge in [-0.3, -0.25) is 4.79 Å². The number of primary amides is 1. The molecule has 1 unspecified atom stereocenters. The van der Waals surface area contributed by atoms with Crippen molar-refractivity contribution in [2.45, 2.75) is 39.3 Å². The van der Waals surface area contributed by atoms with Crippen LogP contribution in [0.3, 0.4) is 0 Å². The number of ether oxygens (including phenoxy) is 2. The minimum Gasteiger partial charge on any atom is -0.467 e. The molecule has 1 atom stereocenters. The van der Waals surface area contributed by atoms with Crippen LogP contribution in [0, 0.1) is 6.92 Å². The van der Waals surface area contributed by atoms with Crippen LogP contribution >= 0.6 is 0 Å². The Morgan fingerprint density at radius 1 is 1.20 bits per heavy atom. The molecule has 0 heterocycles. The lowest BCUT2D eigenvalue weighted by Crippen LogP contribution is -2.44. The Kier molecular flexibility index (Phi) is 9.22. The minimum absolute atomic E-state index is 0.422. The molecule has 2 amide bonds. The molecule has 1 aromatic carbocycles. The average Bonchev–Trinajstić information content (AvgIpc) is 2.50. The Balaban J connectivity index is 0.000000609. The fourth-order valence-electron chi connectivity index (χ4n) is 1.57. The quantitative estimate of drug-likeness (QED) is 0.696. The van der Waals surface area contributed by atoms with Gasteiger partial charge in [0.2, 0.25) is 0 Å². The summed E-state index contributed by atoms with van der Waals surface area (Å²) in [4.78, 5) is 32.9. The van der Waals surface area contributed by atoms with Crippen LogP contribution in [0.2, 0.25) is 0 Å². The molecule has 0 aromatic heterocycles. The highest BCUT2D eigenvalue weighted by molar-refractivity contribution is 5.96. The minimum atomic E-state index is -1.03. The zero-order valence-electron chi connectivity index (χ0n) is 15.2. The van der Waals surface area contributed by atoms with Crippen molar-refractivity contribution in [3.8, 4) is 0 Å². The Hall–Kier alpha value is -2.61. The SMILES string of the molecule is CC(C)(C)OC(N)=O.COC(=O)C(CO)NC(=O)c1ccc(C)cc1. The Morgan fingerprint density at radius 3 is 2.04 bits per heavy atom. The van der Waals surface area contributed by atoms with Crippen molar-refractivity contribution < 1.29 is 29.0 Å². The summed E-state index contributed by atoms with van der Waals surface area (Å²) in [5.74, 6) is -1.09. The first-order chi connectivity index (χ1) is 11.5. The third kappa shape index (κ3) is 9.98. The van der Waals surface area contributed by atoms with Crippen LogP contribution in [-0.2, 0) is 14.3 Å². The van der Waals surface area contributed by atoms with E-state index < -0.39 is 36.2 Å². The number of carbonyl (C=O) groups excluding carboxylic acids is 3. The zero-order valence-corrected chi connectivity index (χ0v) is 15.2. The second-order valence-electron chi connectivity index (χ2n) is 6.13. The van der Waals surface area contributed by atoms with Crippen molar-refractivity contribution >= 4 is 18.0 Å². The van der Waals surface area contributed by atoms with E-state index in [0.717, 1.165) is 5.56 Å². The topological polar surface area (TPSA) is 128 Å². The van der Waals surface area contributed by atoms with Crippen LogP contribution in [0.15, 0.2) is 24.3 Å². The molecule has 0 bridgehead atoms. The Morgan fingerprint density at radius 2 is 1.72 bits per heavy atom. The molecule has 0 aliphatic carbocycles. The number of hydrogen-bond acceptors (Lipinski definition) is 6. The van der Waals surface area contributed by atoms with Gasteiger partial charge in [0.15, 0.2) is 6.04 Å². The molecule has 8 heteroatoms. The molecule has 0 saturated heterocycles. The number of nitrogens with one attached hydrogen (secondary N) is 1. The number of hydrogen-bond donors (Lipinski definition) is 3. The third-order valence-corrected chi connectivity index (χ3v) is 2.69. The molecule has 0 radical (unpaired) electrons. The molecule has 1 rings (SSSR count). The maximum Gasteiger partial charge on any atom is 0.405 e. The lowest BCUT2D eigenvalue weighted by Gasteiger charge is -2.16. The summed E-state index contributed by atoms with van der Waals surface area (Å²) in [6, 6.07) is 5.85. The normalized spacial score (nSPS) is 11.4. The second-order valence-corrected chi connectivity index (χ2v) is 6.13.